The predicted octanol–water partition coefficient (Wildman–Crippen LogP) is 1.26. The molecule has 2 N–H and O–H groups in total. The summed E-state index contributed by atoms with van der Waals surface area (Å²) in [6, 6.07) is 7.94. The number of primary amides is 1. The van der Waals surface area contributed by atoms with Crippen LogP contribution in [0, 0.1) is 5.82 Å². The van der Waals surface area contributed by atoms with Gasteiger partial charge in [0.25, 0.3) is 0 Å². The van der Waals surface area contributed by atoms with Crippen LogP contribution in [0.15, 0.2) is 42.7 Å². The van der Waals surface area contributed by atoms with Gasteiger partial charge in [0.1, 0.15) is 11.6 Å². The highest BCUT2D eigenvalue weighted by molar-refractivity contribution is 5.75. The summed E-state index contributed by atoms with van der Waals surface area (Å²) in [4.78, 5) is 15.5. The standard InChI is InChI=1S/C16H17FN6O/c17-12-4-1-5-13(10-12)23-16(20-15(21-23)11-14(18)24)6-2-8-22-9-3-7-19-22/h1,3-5,7,9-10H,2,6,8,11H2,(H2,18,24). The Morgan fingerprint density at radius 2 is 2.17 bits per heavy atom. The maximum absolute atomic E-state index is 13.5. The van der Waals surface area contributed by atoms with Crippen LogP contribution < -0.4 is 5.73 Å². The molecule has 0 spiro atoms. The van der Waals surface area contributed by atoms with Crippen molar-refractivity contribution in [2.24, 2.45) is 5.73 Å². The van der Waals surface area contributed by atoms with Gasteiger partial charge in [-0.05, 0) is 30.7 Å². The van der Waals surface area contributed by atoms with Crippen LogP contribution in [0.2, 0.25) is 0 Å². The van der Waals surface area contributed by atoms with Crippen molar-refractivity contribution in [1.82, 2.24) is 24.5 Å². The molecular weight excluding hydrogens is 311 g/mol. The van der Waals surface area contributed by atoms with Crippen LogP contribution in [0.25, 0.3) is 5.69 Å². The van der Waals surface area contributed by atoms with Crippen molar-refractivity contribution in [2.45, 2.75) is 25.8 Å². The predicted molar refractivity (Wildman–Crippen MR) is 84.8 cm³/mol. The number of rotatable bonds is 7. The summed E-state index contributed by atoms with van der Waals surface area (Å²) in [5.41, 5.74) is 5.77. The van der Waals surface area contributed by atoms with E-state index < -0.39 is 5.91 Å². The van der Waals surface area contributed by atoms with Crippen LogP contribution in [-0.2, 0) is 24.2 Å². The van der Waals surface area contributed by atoms with Crippen molar-refractivity contribution in [3.63, 3.8) is 0 Å². The van der Waals surface area contributed by atoms with Crippen molar-refractivity contribution < 1.29 is 9.18 Å². The zero-order valence-corrected chi connectivity index (χ0v) is 13.0. The highest BCUT2D eigenvalue weighted by atomic mass is 19.1. The number of halogens is 1. The Hall–Kier alpha value is -3.03. The summed E-state index contributed by atoms with van der Waals surface area (Å²) in [5.74, 6) is 0.126. The number of nitrogens with two attached hydrogens (primary N) is 1. The number of hydrogen-bond donors (Lipinski definition) is 1. The van der Waals surface area contributed by atoms with Gasteiger partial charge in [-0.15, -0.1) is 0 Å². The lowest BCUT2D eigenvalue weighted by Gasteiger charge is -2.06. The van der Waals surface area contributed by atoms with Gasteiger partial charge in [-0.25, -0.2) is 14.1 Å². The van der Waals surface area contributed by atoms with E-state index in [0.29, 0.717) is 23.8 Å². The first-order chi connectivity index (χ1) is 11.6. The number of hydrogen-bond acceptors (Lipinski definition) is 4. The number of amides is 1. The summed E-state index contributed by atoms with van der Waals surface area (Å²) in [6.45, 7) is 0.730. The Morgan fingerprint density at radius 3 is 2.88 bits per heavy atom. The topological polar surface area (TPSA) is 91.6 Å². The van der Waals surface area contributed by atoms with Crippen LogP contribution in [0.1, 0.15) is 18.1 Å². The second kappa shape index (κ2) is 7.03. The van der Waals surface area contributed by atoms with E-state index >= 15 is 0 Å². The molecular formula is C16H17FN6O. The molecule has 24 heavy (non-hydrogen) atoms. The van der Waals surface area contributed by atoms with Crippen molar-refractivity contribution >= 4 is 5.91 Å². The largest absolute Gasteiger partial charge is 0.369 e. The molecule has 0 unspecified atom stereocenters. The van der Waals surface area contributed by atoms with Gasteiger partial charge in [-0.2, -0.15) is 10.2 Å². The van der Waals surface area contributed by atoms with Gasteiger partial charge in [0.05, 0.1) is 12.1 Å². The average molecular weight is 328 g/mol. The van der Waals surface area contributed by atoms with E-state index in [1.54, 1.807) is 23.0 Å². The number of aromatic nitrogens is 5. The van der Waals surface area contributed by atoms with E-state index in [0.717, 1.165) is 13.0 Å². The van der Waals surface area contributed by atoms with Gasteiger partial charge in [0.15, 0.2) is 5.82 Å². The van der Waals surface area contributed by atoms with Crippen molar-refractivity contribution in [1.29, 1.82) is 0 Å². The van der Waals surface area contributed by atoms with E-state index in [1.807, 2.05) is 16.9 Å². The molecule has 0 atom stereocenters. The van der Waals surface area contributed by atoms with Crippen LogP contribution in [-0.4, -0.2) is 30.5 Å². The highest BCUT2D eigenvalue weighted by Crippen LogP contribution is 2.13. The molecule has 7 nitrogen and oxygen atoms in total. The third-order valence-corrected chi connectivity index (χ3v) is 3.45. The van der Waals surface area contributed by atoms with Gasteiger partial charge in [-0.1, -0.05) is 6.07 Å². The molecule has 8 heteroatoms. The molecule has 0 aliphatic heterocycles. The van der Waals surface area contributed by atoms with Gasteiger partial charge >= 0.3 is 0 Å². The molecule has 1 amide bonds. The molecule has 2 aromatic heterocycles. The quantitative estimate of drug-likeness (QED) is 0.707. The van der Waals surface area contributed by atoms with Crippen LogP contribution in [0.5, 0.6) is 0 Å². The fraction of sp³-hybridized carbons (Fsp3) is 0.250. The average Bonchev–Trinajstić information content (AvgIpc) is 3.17. The number of benzene rings is 1. The SMILES string of the molecule is NC(=O)Cc1nc(CCCn2cccn2)n(-c2cccc(F)c2)n1. The summed E-state index contributed by atoms with van der Waals surface area (Å²) >= 11 is 0. The van der Waals surface area contributed by atoms with Gasteiger partial charge in [0.2, 0.25) is 5.91 Å². The molecule has 2 heterocycles. The van der Waals surface area contributed by atoms with Gasteiger partial charge < -0.3 is 5.73 Å². The van der Waals surface area contributed by atoms with Crippen molar-refractivity contribution in [2.75, 3.05) is 0 Å². The monoisotopic (exact) mass is 328 g/mol. The van der Waals surface area contributed by atoms with E-state index in [1.165, 1.54) is 12.1 Å². The number of carbonyl (C=O) groups is 1. The lowest BCUT2D eigenvalue weighted by atomic mass is 10.2. The van der Waals surface area contributed by atoms with E-state index in [-0.39, 0.29) is 12.2 Å². The summed E-state index contributed by atoms with van der Waals surface area (Å²) in [7, 11) is 0. The van der Waals surface area contributed by atoms with Crippen LogP contribution in [0.3, 0.4) is 0 Å². The lowest BCUT2D eigenvalue weighted by Crippen LogP contribution is -2.14. The Kier molecular flexibility index (Phi) is 4.64. The molecule has 0 saturated heterocycles. The van der Waals surface area contributed by atoms with Crippen LogP contribution >= 0.6 is 0 Å². The second-order valence-electron chi connectivity index (χ2n) is 5.35. The molecule has 0 aliphatic rings. The lowest BCUT2D eigenvalue weighted by molar-refractivity contribution is -0.117. The molecule has 0 saturated carbocycles. The minimum Gasteiger partial charge on any atom is -0.369 e. The Morgan fingerprint density at radius 1 is 1.29 bits per heavy atom. The smallest absolute Gasteiger partial charge is 0.225 e. The first kappa shape index (κ1) is 15.9. The molecule has 0 bridgehead atoms. The van der Waals surface area contributed by atoms with Crippen molar-refractivity contribution in [3.05, 3.63) is 60.2 Å². The van der Waals surface area contributed by atoms with Gasteiger partial charge in [0, 0.05) is 25.4 Å². The molecule has 3 aromatic rings. The highest BCUT2D eigenvalue weighted by Gasteiger charge is 2.13. The third-order valence-electron chi connectivity index (χ3n) is 3.45. The number of nitrogens with zero attached hydrogens (tertiary/aromatic N) is 5. The molecule has 3 rings (SSSR count). The number of aryl methyl sites for hydroxylation is 2. The zero-order valence-electron chi connectivity index (χ0n) is 13.0. The first-order valence-corrected chi connectivity index (χ1v) is 7.58. The third kappa shape index (κ3) is 3.83. The fourth-order valence-corrected chi connectivity index (χ4v) is 2.43. The molecule has 124 valence electrons. The van der Waals surface area contributed by atoms with Crippen LogP contribution in [0.4, 0.5) is 4.39 Å². The maximum Gasteiger partial charge on any atom is 0.225 e. The summed E-state index contributed by atoms with van der Waals surface area (Å²) in [6.07, 6.45) is 4.96. The summed E-state index contributed by atoms with van der Waals surface area (Å²) in [5, 5.41) is 8.44. The van der Waals surface area contributed by atoms with E-state index in [2.05, 4.69) is 15.2 Å². The Labute approximate surface area is 137 Å². The molecule has 1 aromatic carbocycles. The molecule has 0 radical (unpaired) electrons. The van der Waals surface area contributed by atoms with E-state index in [4.69, 9.17) is 5.73 Å². The summed E-state index contributed by atoms with van der Waals surface area (Å²) < 4.78 is 16.9. The molecule has 0 aliphatic carbocycles. The normalized spacial score (nSPS) is 10.9. The van der Waals surface area contributed by atoms with E-state index in [9.17, 15) is 9.18 Å². The van der Waals surface area contributed by atoms with Gasteiger partial charge in [-0.3, -0.25) is 9.48 Å². The second-order valence-corrected chi connectivity index (χ2v) is 5.35. The Balaban J connectivity index is 1.82. The molecule has 0 fully saturated rings. The fourth-order valence-electron chi connectivity index (χ4n) is 2.43. The van der Waals surface area contributed by atoms with Crippen molar-refractivity contribution in [3.8, 4) is 5.69 Å². The Bertz CT molecular complexity index is 827. The minimum atomic E-state index is -0.505. The zero-order chi connectivity index (χ0) is 16.9. The first-order valence-electron chi connectivity index (χ1n) is 7.58. The maximum atomic E-state index is 13.5. The number of carbonyl (C=O) groups excluding carboxylic acids is 1. The minimum absolute atomic E-state index is 0.0472.